The number of carbonyl (C=O) groups is 1. The molecule has 1 aromatic heterocycles. The van der Waals surface area contributed by atoms with Gasteiger partial charge in [0.25, 0.3) is 5.91 Å². The van der Waals surface area contributed by atoms with Crippen molar-refractivity contribution >= 4 is 17.4 Å². The van der Waals surface area contributed by atoms with E-state index in [4.69, 9.17) is 10.6 Å². The van der Waals surface area contributed by atoms with Crippen LogP contribution in [0.15, 0.2) is 36.7 Å². The van der Waals surface area contributed by atoms with E-state index in [2.05, 4.69) is 20.7 Å². The van der Waals surface area contributed by atoms with E-state index in [9.17, 15) is 4.79 Å². The van der Waals surface area contributed by atoms with Crippen molar-refractivity contribution in [1.29, 1.82) is 0 Å². The predicted octanol–water partition coefficient (Wildman–Crippen LogP) is 1.02. The van der Waals surface area contributed by atoms with Gasteiger partial charge in [0, 0.05) is 5.69 Å². The van der Waals surface area contributed by atoms with Crippen LogP contribution in [0.5, 0.6) is 5.75 Å². The lowest BCUT2D eigenvalue weighted by Gasteiger charge is -2.06. The van der Waals surface area contributed by atoms with Gasteiger partial charge in [0.1, 0.15) is 11.4 Å². The second-order valence-corrected chi connectivity index (χ2v) is 3.62. The number of benzene rings is 1. The van der Waals surface area contributed by atoms with Crippen LogP contribution in [-0.4, -0.2) is 23.0 Å². The quantitative estimate of drug-likeness (QED) is 0.559. The maximum absolute atomic E-state index is 11.9. The number of hydrazine groups is 1. The molecule has 1 amide bonds. The lowest BCUT2D eigenvalue weighted by Crippen LogP contribution is -2.16. The predicted molar refractivity (Wildman–Crippen MR) is 70.8 cm³/mol. The Labute approximate surface area is 109 Å². The monoisotopic (exact) mass is 259 g/mol. The van der Waals surface area contributed by atoms with E-state index in [1.807, 2.05) is 0 Å². The van der Waals surface area contributed by atoms with E-state index in [1.54, 1.807) is 31.4 Å². The molecule has 7 nitrogen and oxygen atoms in total. The first kappa shape index (κ1) is 12.8. The molecule has 0 aliphatic rings. The molecule has 0 radical (unpaired) electrons. The van der Waals surface area contributed by atoms with Gasteiger partial charge in [-0.3, -0.25) is 9.78 Å². The van der Waals surface area contributed by atoms with Gasteiger partial charge >= 0.3 is 0 Å². The highest BCUT2D eigenvalue weighted by molar-refractivity contribution is 6.02. The number of anilines is 2. The Morgan fingerprint density at radius 2 is 2.00 bits per heavy atom. The van der Waals surface area contributed by atoms with Crippen molar-refractivity contribution in [2.24, 2.45) is 5.84 Å². The number of nitrogen functional groups attached to an aromatic ring is 1. The molecule has 0 saturated heterocycles. The molecule has 2 aromatic rings. The van der Waals surface area contributed by atoms with Gasteiger partial charge in [-0.15, -0.1) is 0 Å². The second-order valence-electron chi connectivity index (χ2n) is 3.62. The number of hydrogen-bond donors (Lipinski definition) is 3. The van der Waals surface area contributed by atoms with Crippen LogP contribution < -0.4 is 21.3 Å². The van der Waals surface area contributed by atoms with Crippen molar-refractivity contribution in [2.45, 2.75) is 0 Å². The highest BCUT2D eigenvalue weighted by Crippen LogP contribution is 2.15. The molecule has 19 heavy (non-hydrogen) atoms. The summed E-state index contributed by atoms with van der Waals surface area (Å²) in [4.78, 5) is 19.8. The average Bonchev–Trinajstić information content (AvgIpc) is 2.48. The summed E-state index contributed by atoms with van der Waals surface area (Å²) in [5.74, 6) is 5.88. The summed E-state index contributed by atoms with van der Waals surface area (Å²) in [6.45, 7) is 0. The fraction of sp³-hybridized carbons (Fsp3) is 0.0833. The van der Waals surface area contributed by atoms with Crippen LogP contribution in [0.3, 0.4) is 0 Å². The Hall–Kier alpha value is -2.67. The summed E-state index contributed by atoms with van der Waals surface area (Å²) < 4.78 is 5.03. The number of aromatic nitrogens is 2. The lowest BCUT2D eigenvalue weighted by molar-refractivity contribution is 0.102. The fourth-order valence-electron chi connectivity index (χ4n) is 1.41. The molecule has 2 rings (SSSR count). The van der Waals surface area contributed by atoms with Crippen molar-refractivity contribution in [2.75, 3.05) is 17.9 Å². The maximum atomic E-state index is 11.9. The van der Waals surface area contributed by atoms with Crippen molar-refractivity contribution in [3.8, 4) is 5.75 Å². The van der Waals surface area contributed by atoms with Gasteiger partial charge in [0.15, 0.2) is 5.82 Å². The maximum Gasteiger partial charge on any atom is 0.275 e. The Kier molecular flexibility index (Phi) is 3.89. The van der Waals surface area contributed by atoms with E-state index >= 15 is 0 Å². The molecule has 0 aliphatic heterocycles. The summed E-state index contributed by atoms with van der Waals surface area (Å²) in [7, 11) is 1.58. The van der Waals surface area contributed by atoms with E-state index in [0.717, 1.165) is 0 Å². The average molecular weight is 259 g/mol. The first-order chi connectivity index (χ1) is 9.22. The number of rotatable bonds is 4. The number of ether oxygens (including phenoxy) is 1. The van der Waals surface area contributed by atoms with Gasteiger partial charge in [-0.05, 0) is 24.3 Å². The largest absolute Gasteiger partial charge is 0.497 e. The molecule has 0 spiro atoms. The third kappa shape index (κ3) is 3.17. The summed E-state index contributed by atoms with van der Waals surface area (Å²) in [5.41, 5.74) is 3.14. The van der Waals surface area contributed by atoms with Gasteiger partial charge in [-0.2, -0.15) is 0 Å². The minimum Gasteiger partial charge on any atom is -0.497 e. The number of nitrogens with zero attached hydrogens (tertiary/aromatic N) is 2. The third-order valence-corrected chi connectivity index (χ3v) is 2.36. The standard InChI is InChI=1S/C12H13N5O2/c1-19-9-4-2-8(3-5-9)15-12(18)10-6-14-7-11(16-10)17-13/h2-7H,13H2,1H3,(H,15,18)(H,16,17). The zero-order valence-corrected chi connectivity index (χ0v) is 10.3. The van der Waals surface area contributed by atoms with Crippen LogP contribution in [-0.2, 0) is 0 Å². The molecule has 4 N–H and O–H groups in total. The SMILES string of the molecule is COc1ccc(NC(=O)c2cncc(NN)n2)cc1. The minimum atomic E-state index is -0.366. The van der Waals surface area contributed by atoms with Crippen LogP contribution >= 0.6 is 0 Å². The van der Waals surface area contributed by atoms with E-state index in [0.29, 0.717) is 17.3 Å². The zero-order valence-electron chi connectivity index (χ0n) is 10.3. The Morgan fingerprint density at radius 3 is 2.63 bits per heavy atom. The number of hydrogen-bond acceptors (Lipinski definition) is 6. The topological polar surface area (TPSA) is 102 Å². The van der Waals surface area contributed by atoms with Crippen molar-refractivity contribution in [3.63, 3.8) is 0 Å². The highest BCUT2D eigenvalue weighted by atomic mass is 16.5. The number of nitrogens with two attached hydrogens (primary N) is 1. The summed E-state index contributed by atoms with van der Waals surface area (Å²) >= 11 is 0. The number of nitrogens with one attached hydrogen (secondary N) is 2. The van der Waals surface area contributed by atoms with Gasteiger partial charge in [-0.25, -0.2) is 10.8 Å². The minimum absolute atomic E-state index is 0.172. The molecule has 0 bridgehead atoms. The summed E-state index contributed by atoms with van der Waals surface area (Å²) in [5, 5.41) is 2.70. The normalized spacial score (nSPS) is 9.79. The molecular formula is C12H13N5O2. The first-order valence-corrected chi connectivity index (χ1v) is 5.47. The molecular weight excluding hydrogens is 246 g/mol. The van der Waals surface area contributed by atoms with Crippen LogP contribution in [0.2, 0.25) is 0 Å². The second kappa shape index (κ2) is 5.78. The summed E-state index contributed by atoms with van der Waals surface area (Å²) in [6, 6.07) is 6.96. The van der Waals surface area contributed by atoms with Crippen LogP contribution in [0.1, 0.15) is 10.5 Å². The molecule has 7 heteroatoms. The van der Waals surface area contributed by atoms with Gasteiger partial charge in [-0.1, -0.05) is 0 Å². The van der Waals surface area contributed by atoms with Crippen molar-refractivity contribution in [3.05, 3.63) is 42.4 Å². The lowest BCUT2D eigenvalue weighted by atomic mass is 10.3. The molecule has 1 aromatic carbocycles. The van der Waals surface area contributed by atoms with Crippen molar-refractivity contribution in [1.82, 2.24) is 9.97 Å². The Bertz CT molecular complexity index is 571. The molecule has 0 fully saturated rings. The van der Waals surface area contributed by atoms with Gasteiger partial charge in [0.05, 0.1) is 19.5 Å². The van der Waals surface area contributed by atoms with E-state index in [-0.39, 0.29) is 11.6 Å². The Balaban J connectivity index is 2.11. The number of methoxy groups -OCH3 is 1. The molecule has 1 heterocycles. The fourth-order valence-corrected chi connectivity index (χ4v) is 1.41. The van der Waals surface area contributed by atoms with Crippen LogP contribution in [0.25, 0.3) is 0 Å². The zero-order chi connectivity index (χ0) is 13.7. The van der Waals surface area contributed by atoms with Crippen LogP contribution in [0.4, 0.5) is 11.5 Å². The summed E-state index contributed by atoms with van der Waals surface area (Å²) in [6.07, 6.45) is 2.78. The molecule has 98 valence electrons. The van der Waals surface area contributed by atoms with E-state index < -0.39 is 0 Å². The molecule has 0 aliphatic carbocycles. The highest BCUT2D eigenvalue weighted by Gasteiger charge is 2.09. The molecule has 0 atom stereocenters. The first-order valence-electron chi connectivity index (χ1n) is 5.47. The van der Waals surface area contributed by atoms with E-state index in [1.165, 1.54) is 12.4 Å². The molecule has 0 saturated carbocycles. The number of carbonyl (C=O) groups excluding carboxylic acids is 1. The van der Waals surface area contributed by atoms with Crippen LogP contribution in [0, 0.1) is 0 Å². The molecule has 0 unspecified atom stereocenters. The Morgan fingerprint density at radius 1 is 1.26 bits per heavy atom. The van der Waals surface area contributed by atoms with Gasteiger partial charge < -0.3 is 15.5 Å². The smallest absolute Gasteiger partial charge is 0.275 e. The van der Waals surface area contributed by atoms with Crippen molar-refractivity contribution < 1.29 is 9.53 Å². The number of amides is 1. The third-order valence-electron chi connectivity index (χ3n) is 2.36. The van der Waals surface area contributed by atoms with Gasteiger partial charge in [0.2, 0.25) is 0 Å².